The molecule has 112 valence electrons. The number of fused-ring (bicyclic) bond motifs is 1. The summed E-state index contributed by atoms with van der Waals surface area (Å²) < 4.78 is 0. The third-order valence-corrected chi connectivity index (χ3v) is 5.40. The molecule has 0 heterocycles. The third kappa shape index (κ3) is 2.69. The van der Waals surface area contributed by atoms with Gasteiger partial charge in [0, 0.05) is 16.5 Å². The van der Waals surface area contributed by atoms with Crippen molar-refractivity contribution in [3.63, 3.8) is 0 Å². The minimum absolute atomic E-state index is 0.354. The largest absolute Gasteiger partial charge is 0.310 e. The van der Waals surface area contributed by atoms with E-state index in [1.54, 1.807) is 0 Å². The smallest absolute Gasteiger partial charge is 0.0484 e. The molecule has 0 aliphatic heterocycles. The Labute approximate surface area is 132 Å². The highest BCUT2D eigenvalue weighted by Crippen LogP contribution is 2.48. The Hall–Kier alpha value is -1.05. The van der Waals surface area contributed by atoms with Crippen LogP contribution in [0.15, 0.2) is 36.4 Å². The molecule has 0 spiro atoms. The van der Waals surface area contributed by atoms with E-state index in [0.717, 1.165) is 11.6 Å². The summed E-state index contributed by atoms with van der Waals surface area (Å²) in [6.07, 6.45) is 5.32. The Balaban J connectivity index is 2.14. The van der Waals surface area contributed by atoms with E-state index in [2.05, 4.69) is 55.6 Å². The molecule has 1 nitrogen and oxygen atoms in total. The molecule has 0 bridgehead atoms. The van der Waals surface area contributed by atoms with Gasteiger partial charge in [-0.3, -0.25) is 0 Å². The fraction of sp³-hybridized carbons (Fsp3) is 0.474. The van der Waals surface area contributed by atoms with Gasteiger partial charge in [0.15, 0.2) is 0 Å². The van der Waals surface area contributed by atoms with Crippen LogP contribution in [0.1, 0.15) is 51.1 Å². The summed E-state index contributed by atoms with van der Waals surface area (Å²) in [7, 11) is 0. The fourth-order valence-corrected chi connectivity index (χ4v) is 4.17. The second kappa shape index (κ2) is 5.98. The number of halogens is 1. The van der Waals surface area contributed by atoms with Gasteiger partial charge in [-0.15, -0.1) is 0 Å². The standard InChI is InChI=1S/C19H24ClN/c1-3-21-18(19(2)12-6-7-13-19)16-10-11-17(20)15-9-5-4-8-14(15)16/h4-5,8-11,18,21H,3,6-7,12-13H2,1-2H3. The van der Waals surface area contributed by atoms with E-state index in [0.29, 0.717) is 11.5 Å². The van der Waals surface area contributed by atoms with Crippen LogP contribution in [0.2, 0.25) is 5.02 Å². The van der Waals surface area contributed by atoms with E-state index in [-0.39, 0.29) is 0 Å². The quantitative estimate of drug-likeness (QED) is 0.761. The van der Waals surface area contributed by atoms with E-state index in [1.807, 2.05) is 0 Å². The van der Waals surface area contributed by atoms with Gasteiger partial charge in [-0.1, -0.05) is 68.6 Å². The Morgan fingerprint density at radius 2 is 1.76 bits per heavy atom. The maximum Gasteiger partial charge on any atom is 0.0484 e. The van der Waals surface area contributed by atoms with Crippen LogP contribution in [0.4, 0.5) is 0 Å². The van der Waals surface area contributed by atoms with E-state index < -0.39 is 0 Å². The van der Waals surface area contributed by atoms with Crippen LogP contribution >= 0.6 is 11.6 Å². The number of nitrogens with one attached hydrogen (secondary N) is 1. The highest BCUT2D eigenvalue weighted by atomic mass is 35.5. The van der Waals surface area contributed by atoms with Crippen molar-refractivity contribution in [2.24, 2.45) is 5.41 Å². The molecule has 1 aliphatic rings. The molecule has 2 heteroatoms. The highest BCUT2D eigenvalue weighted by Gasteiger charge is 2.38. The summed E-state index contributed by atoms with van der Waals surface area (Å²) in [5.41, 5.74) is 1.76. The minimum Gasteiger partial charge on any atom is -0.310 e. The first-order valence-electron chi connectivity index (χ1n) is 8.06. The van der Waals surface area contributed by atoms with Crippen LogP contribution in [-0.4, -0.2) is 6.54 Å². The zero-order valence-electron chi connectivity index (χ0n) is 13.0. The molecule has 1 aliphatic carbocycles. The lowest BCUT2D eigenvalue weighted by molar-refractivity contribution is 0.227. The van der Waals surface area contributed by atoms with Gasteiger partial charge >= 0.3 is 0 Å². The van der Waals surface area contributed by atoms with E-state index in [4.69, 9.17) is 11.6 Å². The second-order valence-electron chi connectivity index (χ2n) is 6.53. The molecular weight excluding hydrogens is 278 g/mol. The molecule has 21 heavy (non-hydrogen) atoms. The van der Waals surface area contributed by atoms with Crippen LogP contribution in [-0.2, 0) is 0 Å². The van der Waals surface area contributed by atoms with Gasteiger partial charge in [-0.2, -0.15) is 0 Å². The lowest BCUT2D eigenvalue weighted by Crippen LogP contribution is -2.34. The van der Waals surface area contributed by atoms with Crippen molar-refractivity contribution in [3.05, 3.63) is 47.0 Å². The maximum absolute atomic E-state index is 6.38. The van der Waals surface area contributed by atoms with Crippen molar-refractivity contribution in [3.8, 4) is 0 Å². The van der Waals surface area contributed by atoms with Gasteiger partial charge in [0.25, 0.3) is 0 Å². The highest BCUT2D eigenvalue weighted by molar-refractivity contribution is 6.35. The molecule has 1 N–H and O–H groups in total. The molecular formula is C19H24ClN. The first-order valence-corrected chi connectivity index (χ1v) is 8.44. The van der Waals surface area contributed by atoms with Crippen molar-refractivity contribution < 1.29 is 0 Å². The molecule has 0 radical (unpaired) electrons. The van der Waals surface area contributed by atoms with Crippen molar-refractivity contribution in [2.75, 3.05) is 6.54 Å². The van der Waals surface area contributed by atoms with E-state index in [9.17, 15) is 0 Å². The summed E-state index contributed by atoms with van der Waals surface area (Å²) in [5, 5.41) is 7.06. The fourth-order valence-electron chi connectivity index (χ4n) is 3.94. The molecule has 1 atom stereocenters. The molecule has 2 aromatic carbocycles. The van der Waals surface area contributed by atoms with Gasteiger partial charge in [-0.25, -0.2) is 0 Å². The Morgan fingerprint density at radius 1 is 1.10 bits per heavy atom. The number of hydrogen-bond acceptors (Lipinski definition) is 1. The topological polar surface area (TPSA) is 12.0 Å². The average Bonchev–Trinajstić information content (AvgIpc) is 2.94. The second-order valence-corrected chi connectivity index (χ2v) is 6.94. The Morgan fingerprint density at radius 3 is 2.43 bits per heavy atom. The van der Waals surface area contributed by atoms with Crippen molar-refractivity contribution >= 4 is 22.4 Å². The zero-order chi connectivity index (χ0) is 14.9. The van der Waals surface area contributed by atoms with E-state index >= 15 is 0 Å². The number of rotatable bonds is 4. The molecule has 1 unspecified atom stereocenters. The first-order chi connectivity index (χ1) is 10.2. The predicted molar refractivity (Wildman–Crippen MR) is 92.0 cm³/mol. The Kier molecular flexibility index (Phi) is 4.24. The van der Waals surface area contributed by atoms with Gasteiger partial charge in [0.05, 0.1) is 0 Å². The van der Waals surface area contributed by atoms with Crippen LogP contribution in [0.5, 0.6) is 0 Å². The number of benzene rings is 2. The van der Waals surface area contributed by atoms with Crippen LogP contribution < -0.4 is 5.32 Å². The third-order valence-electron chi connectivity index (χ3n) is 5.07. The van der Waals surface area contributed by atoms with Crippen molar-refractivity contribution in [1.29, 1.82) is 0 Å². The first kappa shape index (κ1) is 14.9. The molecule has 1 fully saturated rings. The normalized spacial score (nSPS) is 19.0. The summed E-state index contributed by atoms with van der Waals surface area (Å²) in [6.45, 7) is 5.64. The maximum atomic E-state index is 6.38. The predicted octanol–water partition coefficient (Wildman–Crippen LogP) is 5.72. The molecule has 0 aromatic heterocycles. The summed E-state index contributed by atoms with van der Waals surface area (Å²) in [5.74, 6) is 0. The van der Waals surface area contributed by atoms with Crippen molar-refractivity contribution in [1.82, 2.24) is 5.32 Å². The minimum atomic E-state index is 0.354. The SMILES string of the molecule is CCNC(c1ccc(Cl)c2ccccc12)C1(C)CCCC1. The molecule has 2 aromatic rings. The van der Waals surface area contributed by atoms with Gasteiger partial charge in [0.1, 0.15) is 0 Å². The lowest BCUT2D eigenvalue weighted by atomic mass is 9.76. The molecule has 0 saturated heterocycles. The molecule has 3 rings (SSSR count). The summed E-state index contributed by atoms with van der Waals surface area (Å²) in [4.78, 5) is 0. The van der Waals surface area contributed by atoms with E-state index in [1.165, 1.54) is 42.0 Å². The van der Waals surface area contributed by atoms with Gasteiger partial charge in [-0.05, 0) is 41.8 Å². The Bertz CT molecular complexity index is 628. The van der Waals surface area contributed by atoms with Gasteiger partial charge < -0.3 is 5.32 Å². The number of hydrogen-bond donors (Lipinski definition) is 1. The average molecular weight is 302 g/mol. The molecule has 1 saturated carbocycles. The monoisotopic (exact) mass is 301 g/mol. The van der Waals surface area contributed by atoms with Gasteiger partial charge in [0.2, 0.25) is 0 Å². The lowest BCUT2D eigenvalue weighted by Gasteiger charge is -2.36. The summed E-state index contributed by atoms with van der Waals surface area (Å²) in [6, 6.07) is 13.2. The van der Waals surface area contributed by atoms with Crippen molar-refractivity contribution in [2.45, 2.75) is 45.6 Å². The van der Waals surface area contributed by atoms with Crippen LogP contribution in [0.25, 0.3) is 10.8 Å². The summed E-state index contributed by atoms with van der Waals surface area (Å²) >= 11 is 6.38. The van der Waals surface area contributed by atoms with Crippen LogP contribution in [0.3, 0.4) is 0 Å². The van der Waals surface area contributed by atoms with Crippen LogP contribution in [0, 0.1) is 5.41 Å². The molecule has 0 amide bonds. The zero-order valence-corrected chi connectivity index (χ0v) is 13.7.